The number of fused-ring (bicyclic) bond motifs is 1. The largest absolute Gasteiger partial charge is 0.481 e. The van der Waals surface area contributed by atoms with Gasteiger partial charge in [0.05, 0.1) is 23.2 Å². The summed E-state index contributed by atoms with van der Waals surface area (Å²) in [6.45, 7) is 12.1. The van der Waals surface area contributed by atoms with E-state index in [9.17, 15) is 19.5 Å². The van der Waals surface area contributed by atoms with Crippen molar-refractivity contribution < 1.29 is 24.2 Å². The normalized spacial score (nSPS) is 16.7. The molecule has 0 aliphatic carbocycles. The number of nitrogens with one attached hydrogen (secondary N) is 1. The number of aliphatic carboxylic acids is 1. The van der Waals surface area contributed by atoms with E-state index < -0.39 is 22.9 Å². The van der Waals surface area contributed by atoms with Gasteiger partial charge in [0.25, 0.3) is 5.91 Å². The molecule has 2 heterocycles. The number of carboxylic acids is 1. The van der Waals surface area contributed by atoms with Gasteiger partial charge >= 0.3 is 11.9 Å². The monoisotopic (exact) mass is 498 g/mol. The topological polar surface area (TPSA) is 137 Å². The third kappa shape index (κ3) is 6.32. The first kappa shape index (κ1) is 27.4. The Kier molecular flexibility index (Phi) is 7.93. The number of amides is 1. The fourth-order valence-electron chi connectivity index (χ4n) is 4.43. The van der Waals surface area contributed by atoms with Crippen molar-refractivity contribution in [1.29, 1.82) is 0 Å². The van der Waals surface area contributed by atoms with Crippen molar-refractivity contribution in [2.75, 3.05) is 6.54 Å². The van der Waals surface area contributed by atoms with Crippen LogP contribution in [0.3, 0.4) is 0 Å². The quantitative estimate of drug-likeness (QED) is 0.498. The molecule has 1 amide bonds. The lowest BCUT2D eigenvalue weighted by Crippen LogP contribution is -2.39. The maximum Gasteiger partial charge on any atom is 0.309 e. The van der Waals surface area contributed by atoms with Gasteiger partial charge < -0.3 is 25.5 Å². The van der Waals surface area contributed by atoms with Crippen molar-refractivity contribution in [3.63, 3.8) is 0 Å². The number of nitrogens with two attached hydrogens (primary N) is 1. The van der Waals surface area contributed by atoms with Crippen molar-refractivity contribution in [2.45, 2.75) is 73.1 Å². The Morgan fingerprint density at radius 3 is 2.33 bits per heavy atom. The van der Waals surface area contributed by atoms with Gasteiger partial charge in [0.2, 0.25) is 0 Å². The molecule has 1 aromatic carbocycles. The summed E-state index contributed by atoms with van der Waals surface area (Å²) in [4.78, 5) is 41.6. The second-order valence-corrected chi connectivity index (χ2v) is 11.4. The molecule has 2 aromatic rings. The molecule has 2 atom stereocenters. The molecule has 0 fully saturated rings. The number of hydrogen-bond donors (Lipinski definition) is 3. The fraction of sp³-hybridized carbons (Fsp3) is 0.556. The molecule has 0 saturated carbocycles. The standard InChI is InChI=1S/C27H38N4O5/c1-26(2,3)19(24(33)34)15-29-23(32)17-9-7-16(8-10-17)22-20(14-28)31-12-11-18(13-21(31)30-22)25(35)36-27(4,5)6/h7-10,18-19H,11-15,28H2,1-6H3,(H,29,32)(H,33,34). The number of carboxylic acid groups (broad SMARTS) is 1. The van der Waals surface area contributed by atoms with Crippen LogP contribution < -0.4 is 11.1 Å². The van der Waals surface area contributed by atoms with Gasteiger partial charge in [0.1, 0.15) is 11.4 Å². The molecule has 3 rings (SSSR count). The zero-order chi connectivity index (χ0) is 26.8. The van der Waals surface area contributed by atoms with Crippen LogP contribution in [0.1, 0.15) is 69.8 Å². The van der Waals surface area contributed by atoms with E-state index in [1.54, 1.807) is 12.1 Å². The number of benzene rings is 1. The first-order valence-electron chi connectivity index (χ1n) is 12.3. The number of carbonyl (C=O) groups is 3. The van der Waals surface area contributed by atoms with E-state index in [-0.39, 0.29) is 24.3 Å². The van der Waals surface area contributed by atoms with Crippen molar-refractivity contribution in [3.8, 4) is 11.3 Å². The number of nitrogens with zero attached hydrogens (tertiary/aromatic N) is 2. The van der Waals surface area contributed by atoms with Crippen LogP contribution in [-0.4, -0.2) is 44.6 Å². The molecule has 1 aliphatic rings. The van der Waals surface area contributed by atoms with Gasteiger partial charge in [0, 0.05) is 37.2 Å². The van der Waals surface area contributed by atoms with E-state index in [4.69, 9.17) is 15.5 Å². The highest BCUT2D eigenvalue weighted by Gasteiger charge is 2.33. The Labute approximate surface area is 212 Å². The van der Waals surface area contributed by atoms with Gasteiger partial charge in [-0.05, 0) is 44.7 Å². The highest BCUT2D eigenvalue weighted by atomic mass is 16.6. The summed E-state index contributed by atoms with van der Waals surface area (Å²) in [7, 11) is 0. The minimum Gasteiger partial charge on any atom is -0.481 e. The molecule has 36 heavy (non-hydrogen) atoms. The average Bonchev–Trinajstić information content (AvgIpc) is 3.14. The molecule has 1 aliphatic heterocycles. The summed E-state index contributed by atoms with van der Waals surface area (Å²) in [5.74, 6) is -1.62. The fourth-order valence-corrected chi connectivity index (χ4v) is 4.43. The predicted octanol–water partition coefficient (Wildman–Crippen LogP) is 3.39. The number of rotatable bonds is 7. The van der Waals surface area contributed by atoms with E-state index in [1.807, 2.05) is 53.7 Å². The van der Waals surface area contributed by atoms with Crippen LogP contribution in [0.15, 0.2) is 24.3 Å². The van der Waals surface area contributed by atoms with Gasteiger partial charge in [-0.3, -0.25) is 14.4 Å². The second kappa shape index (κ2) is 10.4. The Morgan fingerprint density at radius 2 is 1.81 bits per heavy atom. The zero-order valence-corrected chi connectivity index (χ0v) is 22.1. The molecule has 1 aromatic heterocycles. The minimum absolute atomic E-state index is 0.0450. The van der Waals surface area contributed by atoms with Gasteiger partial charge in [-0.25, -0.2) is 4.98 Å². The van der Waals surface area contributed by atoms with Gasteiger partial charge in [-0.15, -0.1) is 0 Å². The van der Waals surface area contributed by atoms with Crippen molar-refractivity contribution in [1.82, 2.24) is 14.9 Å². The Morgan fingerprint density at radius 1 is 1.17 bits per heavy atom. The minimum atomic E-state index is -0.940. The van der Waals surface area contributed by atoms with Crippen molar-refractivity contribution in [3.05, 3.63) is 41.3 Å². The maximum atomic E-state index is 12.6. The summed E-state index contributed by atoms with van der Waals surface area (Å²) >= 11 is 0. The smallest absolute Gasteiger partial charge is 0.309 e. The van der Waals surface area contributed by atoms with Crippen LogP contribution in [0, 0.1) is 17.3 Å². The molecular formula is C27H38N4O5. The van der Waals surface area contributed by atoms with E-state index in [2.05, 4.69) is 9.88 Å². The lowest BCUT2D eigenvalue weighted by Gasteiger charge is -2.27. The molecule has 0 saturated heterocycles. The summed E-state index contributed by atoms with van der Waals surface area (Å²) in [6, 6.07) is 7.01. The summed E-state index contributed by atoms with van der Waals surface area (Å²) in [5, 5.41) is 12.2. The van der Waals surface area contributed by atoms with Crippen LogP contribution in [0.2, 0.25) is 0 Å². The average molecular weight is 499 g/mol. The number of aromatic nitrogens is 2. The van der Waals surface area contributed by atoms with Crippen LogP contribution in [0.5, 0.6) is 0 Å². The van der Waals surface area contributed by atoms with Gasteiger partial charge in [-0.1, -0.05) is 32.9 Å². The van der Waals surface area contributed by atoms with E-state index >= 15 is 0 Å². The number of ether oxygens (including phenoxy) is 1. The SMILES string of the molecule is CC(C)(C)OC(=O)C1CCn2c(nc(-c3ccc(C(=O)NCC(C(=O)O)C(C)(C)C)cc3)c2CN)C1. The second-order valence-electron chi connectivity index (χ2n) is 11.4. The molecule has 0 spiro atoms. The molecule has 196 valence electrons. The Hall–Kier alpha value is -3.20. The summed E-state index contributed by atoms with van der Waals surface area (Å²) < 4.78 is 7.65. The van der Waals surface area contributed by atoms with Crippen LogP contribution in [0.25, 0.3) is 11.3 Å². The van der Waals surface area contributed by atoms with Gasteiger partial charge in [-0.2, -0.15) is 0 Å². The number of esters is 1. The van der Waals surface area contributed by atoms with E-state index in [1.165, 1.54) is 0 Å². The number of imidazole rings is 1. The molecular weight excluding hydrogens is 460 g/mol. The lowest BCUT2D eigenvalue weighted by molar-refractivity contribution is -0.160. The highest BCUT2D eigenvalue weighted by molar-refractivity contribution is 5.95. The van der Waals surface area contributed by atoms with Crippen LogP contribution in [-0.2, 0) is 33.8 Å². The first-order chi connectivity index (χ1) is 16.7. The highest BCUT2D eigenvalue weighted by Crippen LogP contribution is 2.31. The Balaban J connectivity index is 1.75. The third-order valence-electron chi connectivity index (χ3n) is 6.45. The Bertz CT molecular complexity index is 1120. The van der Waals surface area contributed by atoms with Crippen LogP contribution in [0.4, 0.5) is 0 Å². The molecule has 0 bridgehead atoms. The predicted molar refractivity (Wildman–Crippen MR) is 136 cm³/mol. The van der Waals surface area contributed by atoms with E-state index in [0.717, 1.165) is 22.8 Å². The maximum absolute atomic E-state index is 12.6. The van der Waals surface area contributed by atoms with Crippen LogP contribution >= 0.6 is 0 Å². The number of carbonyl (C=O) groups excluding carboxylic acids is 2. The van der Waals surface area contributed by atoms with Crippen molar-refractivity contribution >= 4 is 17.8 Å². The third-order valence-corrected chi connectivity index (χ3v) is 6.45. The molecule has 2 unspecified atom stereocenters. The molecule has 0 radical (unpaired) electrons. The summed E-state index contributed by atoms with van der Waals surface area (Å²) in [6.07, 6.45) is 1.15. The molecule has 9 heteroatoms. The zero-order valence-electron chi connectivity index (χ0n) is 22.1. The van der Waals surface area contributed by atoms with Crippen molar-refractivity contribution in [2.24, 2.45) is 23.0 Å². The molecule has 9 nitrogen and oxygen atoms in total. The lowest BCUT2D eigenvalue weighted by atomic mass is 9.80. The summed E-state index contributed by atoms with van der Waals surface area (Å²) in [5.41, 5.74) is 7.94. The first-order valence-corrected chi connectivity index (χ1v) is 12.3. The van der Waals surface area contributed by atoms with Gasteiger partial charge in [0.15, 0.2) is 0 Å². The van der Waals surface area contributed by atoms with E-state index in [0.29, 0.717) is 31.5 Å². The number of hydrogen-bond acceptors (Lipinski definition) is 6. The molecule has 4 N–H and O–H groups in total.